The molecule has 8 heteroatoms. The van der Waals surface area contributed by atoms with Crippen LogP contribution >= 0.6 is 0 Å². The molecule has 6 nitrogen and oxygen atoms in total. The predicted octanol–water partition coefficient (Wildman–Crippen LogP) is 23.0. The summed E-state index contributed by atoms with van der Waals surface area (Å²) in [6.07, 6.45) is 10.6. The molecule has 0 atom stereocenters. The van der Waals surface area contributed by atoms with Crippen molar-refractivity contribution in [2.45, 2.75) is 199 Å². The summed E-state index contributed by atoms with van der Waals surface area (Å²) in [6, 6.07) is 41.3. The standard InChI is InChI=1S/C82H98F2N2O4/c1-17-23-53-27-31-61-62-32-28-54(24-18-2)40-70(62)85(69(61)39-53)73-45-57(81(13,14)49-79(7,8)9)43-65(75(73)87)67-47-59(83)37-51(5)77(67)89-35-21-22-36-90-78-52(6)38-60(84)48-68(78)66-44-58(82(15,16)50-80(10,11)12)46-74(76(66)88)86-71-41-55(25-19-3)29-33-63(71)64-34-30-56(26-20-4)42-72(64)86/h27-34,37-48,87-88H,17-26,35-36,49-50H2,1-16H3. The molecule has 10 aromatic rings. The lowest BCUT2D eigenvalue weighted by atomic mass is 9.71. The Morgan fingerprint density at radius 3 is 0.967 bits per heavy atom. The van der Waals surface area contributed by atoms with Crippen LogP contribution in [0.15, 0.2) is 121 Å². The molecule has 0 bridgehead atoms. The van der Waals surface area contributed by atoms with Gasteiger partial charge in [0.15, 0.2) is 0 Å². The van der Waals surface area contributed by atoms with Gasteiger partial charge in [0.2, 0.25) is 0 Å². The fraction of sp³-hybridized carbons (Fsp3) is 0.415. The van der Waals surface area contributed by atoms with Crippen molar-refractivity contribution in [1.82, 2.24) is 9.13 Å². The number of rotatable bonds is 23. The lowest BCUT2D eigenvalue weighted by Crippen LogP contribution is -2.25. The highest BCUT2D eigenvalue weighted by Gasteiger charge is 2.33. The quantitative estimate of drug-likeness (QED) is 0.0626. The van der Waals surface area contributed by atoms with Crippen molar-refractivity contribution in [3.05, 3.63) is 177 Å². The summed E-state index contributed by atoms with van der Waals surface area (Å²) in [6.45, 7) is 35.7. The van der Waals surface area contributed by atoms with Crippen LogP contribution < -0.4 is 9.47 Å². The molecular formula is C82H98F2N2O4. The lowest BCUT2D eigenvalue weighted by Gasteiger charge is -2.34. The third kappa shape index (κ3) is 13.6. The minimum Gasteiger partial charge on any atom is -0.505 e. The largest absolute Gasteiger partial charge is 0.505 e. The van der Waals surface area contributed by atoms with Crippen LogP contribution in [0.2, 0.25) is 0 Å². The van der Waals surface area contributed by atoms with Gasteiger partial charge in [0, 0.05) is 43.8 Å². The average Bonchev–Trinajstić information content (AvgIpc) is 1.51. The molecule has 0 fully saturated rings. The first-order valence-corrected chi connectivity index (χ1v) is 33.4. The Hall–Kier alpha value is -7.58. The lowest BCUT2D eigenvalue weighted by molar-refractivity contribution is 0.265. The Morgan fingerprint density at radius 2 is 0.689 bits per heavy atom. The Morgan fingerprint density at radius 1 is 0.389 bits per heavy atom. The maximum atomic E-state index is 16.1. The summed E-state index contributed by atoms with van der Waals surface area (Å²) in [5.74, 6) is 0.282. The molecule has 0 aliphatic heterocycles. The molecule has 0 aliphatic carbocycles. The molecule has 0 unspecified atom stereocenters. The zero-order chi connectivity index (χ0) is 64.8. The summed E-state index contributed by atoms with van der Waals surface area (Å²) >= 11 is 0. The third-order valence-corrected chi connectivity index (χ3v) is 18.2. The number of aryl methyl sites for hydroxylation is 6. The number of fused-ring (bicyclic) bond motifs is 6. The molecule has 8 aromatic carbocycles. The van der Waals surface area contributed by atoms with Crippen molar-refractivity contribution in [3.63, 3.8) is 0 Å². The summed E-state index contributed by atoms with van der Waals surface area (Å²) in [4.78, 5) is 0. The van der Waals surface area contributed by atoms with Gasteiger partial charge in [-0.2, -0.15) is 0 Å². The molecule has 474 valence electrons. The van der Waals surface area contributed by atoms with Gasteiger partial charge in [-0.05, 0) is 204 Å². The molecule has 0 saturated carbocycles. The van der Waals surface area contributed by atoms with Crippen molar-refractivity contribution < 1.29 is 28.5 Å². The molecule has 0 saturated heterocycles. The van der Waals surface area contributed by atoms with E-state index in [9.17, 15) is 10.2 Å². The van der Waals surface area contributed by atoms with E-state index in [0.717, 1.165) is 119 Å². The number of halogens is 2. The second-order valence-corrected chi connectivity index (χ2v) is 29.7. The van der Waals surface area contributed by atoms with Crippen LogP contribution in [0.4, 0.5) is 8.78 Å². The fourth-order valence-electron chi connectivity index (χ4n) is 14.9. The van der Waals surface area contributed by atoms with Crippen LogP contribution in [0, 0.1) is 36.3 Å². The smallest absolute Gasteiger partial charge is 0.147 e. The van der Waals surface area contributed by atoms with Crippen molar-refractivity contribution in [1.29, 1.82) is 0 Å². The summed E-state index contributed by atoms with van der Waals surface area (Å²) in [5.41, 5.74) is 14.8. The number of aromatic hydroxyl groups is 2. The van der Waals surface area contributed by atoms with Gasteiger partial charge in [0.25, 0.3) is 0 Å². The second-order valence-electron chi connectivity index (χ2n) is 29.7. The molecule has 2 N–H and O–H groups in total. The van der Waals surface area contributed by atoms with Gasteiger partial charge in [-0.3, -0.25) is 0 Å². The van der Waals surface area contributed by atoms with E-state index in [2.05, 4.69) is 203 Å². The van der Waals surface area contributed by atoms with E-state index in [0.29, 0.717) is 69.1 Å². The Labute approximate surface area is 535 Å². The van der Waals surface area contributed by atoms with E-state index in [1.54, 1.807) is 0 Å². The minimum absolute atomic E-state index is 0.0195. The minimum atomic E-state index is -0.418. The van der Waals surface area contributed by atoms with Crippen LogP contribution in [0.25, 0.3) is 77.2 Å². The normalized spacial score (nSPS) is 12.6. The maximum absolute atomic E-state index is 16.1. The van der Waals surface area contributed by atoms with Crippen LogP contribution in [0.3, 0.4) is 0 Å². The maximum Gasteiger partial charge on any atom is 0.147 e. The Kier molecular flexibility index (Phi) is 18.9. The van der Waals surface area contributed by atoms with E-state index in [-0.39, 0.29) is 46.4 Å². The highest BCUT2D eigenvalue weighted by atomic mass is 19.1. The van der Waals surface area contributed by atoms with Crippen LogP contribution in [0.1, 0.15) is 193 Å². The predicted molar refractivity (Wildman–Crippen MR) is 376 cm³/mol. The van der Waals surface area contributed by atoms with Gasteiger partial charge in [0.05, 0.1) is 46.7 Å². The number of hydrogen-bond acceptors (Lipinski definition) is 4. The number of hydrogen-bond donors (Lipinski definition) is 2. The van der Waals surface area contributed by atoms with E-state index >= 15 is 8.78 Å². The Balaban J connectivity index is 1.01. The first-order chi connectivity index (χ1) is 42.6. The van der Waals surface area contributed by atoms with Crippen molar-refractivity contribution >= 4 is 43.6 Å². The number of benzene rings is 8. The number of unbranched alkanes of at least 4 members (excludes halogenated alkanes) is 1. The van der Waals surface area contributed by atoms with Crippen LogP contribution in [-0.4, -0.2) is 32.6 Å². The first-order valence-electron chi connectivity index (χ1n) is 33.4. The second kappa shape index (κ2) is 26.0. The number of aromatic nitrogens is 2. The van der Waals surface area contributed by atoms with Gasteiger partial charge in [-0.1, -0.05) is 171 Å². The molecule has 0 amide bonds. The topological polar surface area (TPSA) is 68.8 Å². The van der Waals surface area contributed by atoms with E-state index in [4.69, 9.17) is 9.47 Å². The fourth-order valence-corrected chi connectivity index (χ4v) is 14.9. The molecule has 2 heterocycles. The van der Waals surface area contributed by atoms with Crippen molar-refractivity contribution in [2.24, 2.45) is 10.8 Å². The monoisotopic (exact) mass is 1210 g/mol. The third-order valence-electron chi connectivity index (χ3n) is 18.2. The van der Waals surface area contributed by atoms with Gasteiger partial charge >= 0.3 is 0 Å². The zero-order valence-electron chi connectivity index (χ0n) is 56.8. The van der Waals surface area contributed by atoms with Gasteiger partial charge in [-0.15, -0.1) is 0 Å². The van der Waals surface area contributed by atoms with E-state index in [1.165, 1.54) is 46.5 Å². The number of nitrogens with zero attached hydrogens (tertiary/aromatic N) is 2. The Bertz CT molecular complexity index is 3890. The summed E-state index contributed by atoms with van der Waals surface area (Å²) < 4.78 is 50.4. The summed E-state index contributed by atoms with van der Waals surface area (Å²) in [5, 5.41) is 30.6. The van der Waals surface area contributed by atoms with Crippen LogP contribution in [-0.2, 0) is 36.5 Å². The van der Waals surface area contributed by atoms with Gasteiger partial charge in [0.1, 0.15) is 34.6 Å². The van der Waals surface area contributed by atoms with Gasteiger partial charge in [-0.25, -0.2) is 8.78 Å². The van der Waals surface area contributed by atoms with Crippen molar-refractivity contribution in [2.75, 3.05) is 13.2 Å². The van der Waals surface area contributed by atoms with Crippen LogP contribution in [0.5, 0.6) is 23.0 Å². The first kappa shape index (κ1) is 65.4. The summed E-state index contributed by atoms with van der Waals surface area (Å²) in [7, 11) is 0. The molecule has 0 aliphatic rings. The molecule has 0 radical (unpaired) electrons. The zero-order valence-corrected chi connectivity index (χ0v) is 56.8. The SMILES string of the molecule is CCCc1ccc2c3ccc(CCC)cc3n(-c3cc(C(C)(C)CC(C)(C)C)cc(-c4cc(F)cc(C)c4OCCCCOc4c(C)cc(F)cc4-c4cc(C(C)(C)CC(C)(C)C)cc(-n5c6cc(CCC)ccc6c6ccc(CCC)cc65)c4O)c3O)c2c1. The number of ether oxygens (including phenoxy) is 2. The van der Waals surface area contributed by atoms with Gasteiger partial charge < -0.3 is 28.8 Å². The van der Waals surface area contributed by atoms with E-state index in [1.807, 2.05) is 13.8 Å². The molecule has 90 heavy (non-hydrogen) atoms. The molecule has 0 spiro atoms. The van der Waals surface area contributed by atoms with E-state index < -0.39 is 11.6 Å². The molecule has 10 rings (SSSR count). The molecule has 2 aromatic heterocycles. The highest BCUT2D eigenvalue weighted by molar-refractivity contribution is 6.11. The average molecular weight is 1210 g/mol. The number of phenolic OH excluding ortho intramolecular Hbond substituents is 2. The number of phenols is 2. The highest BCUT2D eigenvalue weighted by Crippen LogP contribution is 2.51. The molecular weight excluding hydrogens is 1110 g/mol. The van der Waals surface area contributed by atoms with Crippen molar-refractivity contribution in [3.8, 4) is 56.6 Å².